The van der Waals surface area contributed by atoms with Crippen LogP contribution in [0.2, 0.25) is 0 Å². The van der Waals surface area contributed by atoms with E-state index in [0.29, 0.717) is 6.42 Å². The molecule has 0 aliphatic carbocycles. The lowest BCUT2D eigenvalue weighted by Gasteiger charge is -2.23. The molecule has 3 aromatic rings. The predicted molar refractivity (Wildman–Crippen MR) is 107 cm³/mol. The van der Waals surface area contributed by atoms with Crippen molar-refractivity contribution in [3.8, 4) is 5.75 Å². The maximum Gasteiger partial charge on any atom is 0.279 e. The van der Waals surface area contributed by atoms with Crippen LogP contribution in [-0.4, -0.2) is 25.7 Å². The first-order chi connectivity index (χ1) is 13.1. The van der Waals surface area contributed by atoms with Crippen LogP contribution in [0.25, 0.3) is 0 Å². The van der Waals surface area contributed by atoms with Gasteiger partial charge in [0.2, 0.25) is 0 Å². The molecule has 7 heteroatoms. The second kappa shape index (κ2) is 7.17. The minimum absolute atomic E-state index is 0.236. The van der Waals surface area contributed by atoms with E-state index in [1.165, 1.54) is 4.41 Å². The number of ether oxygens (including phenoxy) is 1. The number of thiophene rings is 1. The Balaban J connectivity index is 1.77. The molecule has 0 fully saturated rings. The highest BCUT2D eigenvalue weighted by Crippen LogP contribution is 2.38. The summed E-state index contributed by atoms with van der Waals surface area (Å²) < 4.78 is 33.0. The van der Waals surface area contributed by atoms with Gasteiger partial charge in [-0.15, -0.1) is 11.3 Å². The summed E-state index contributed by atoms with van der Waals surface area (Å²) in [7, 11) is -2.15. The molecule has 2 aromatic carbocycles. The van der Waals surface area contributed by atoms with Crippen LogP contribution >= 0.6 is 11.3 Å². The van der Waals surface area contributed by atoms with Gasteiger partial charge in [-0.25, -0.2) is 0 Å². The smallest absolute Gasteiger partial charge is 0.279 e. The molecule has 1 aliphatic heterocycles. The molecule has 0 bridgehead atoms. The number of hydrogen-bond donors (Lipinski definition) is 0. The fourth-order valence-corrected chi connectivity index (χ4v) is 5.25. The van der Waals surface area contributed by atoms with E-state index >= 15 is 0 Å². The molecule has 0 radical (unpaired) electrons. The fourth-order valence-electron chi connectivity index (χ4n) is 3.08. The van der Waals surface area contributed by atoms with E-state index in [-0.39, 0.29) is 4.90 Å². The Morgan fingerprint density at radius 1 is 1.04 bits per heavy atom. The lowest BCUT2D eigenvalue weighted by Crippen LogP contribution is -2.27. The summed E-state index contributed by atoms with van der Waals surface area (Å²) in [6.45, 7) is 0. The first kappa shape index (κ1) is 17.8. The van der Waals surface area contributed by atoms with E-state index < -0.39 is 16.1 Å². The third-order valence-corrected chi connectivity index (χ3v) is 7.08. The van der Waals surface area contributed by atoms with Crippen LogP contribution < -0.4 is 4.74 Å². The summed E-state index contributed by atoms with van der Waals surface area (Å²) in [6, 6.07) is 19.4. The van der Waals surface area contributed by atoms with E-state index in [1.807, 2.05) is 41.8 Å². The molecule has 2 heterocycles. The second-order valence-electron chi connectivity index (χ2n) is 6.11. The SMILES string of the molecule is COc1ccc(C2CC(c3cccs3)=NN2S(=O)(=O)c2ccccc2)cc1. The Hall–Kier alpha value is -2.64. The van der Waals surface area contributed by atoms with Crippen molar-refractivity contribution in [2.24, 2.45) is 5.10 Å². The highest BCUT2D eigenvalue weighted by atomic mass is 32.2. The molecule has 0 N–H and O–H groups in total. The molecule has 27 heavy (non-hydrogen) atoms. The third kappa shape index (κ3) is 3.36. The van der Waals surface area contributed by atoms with Gasteiger partial charge in [0.05, 0.1) is 28.6 Å². The van der Waals surface area contributed by atoms with Gasteiger partial charge in [0, 0.05) is 6.42 Å². The van der Waals surface area contributed by atoms with Crippen LogP contribution in [0.3, 0.4) is 0 Å². The quantitative estimate of drug-likeness (QED) is 0.644. The number of sulfonamides is 1. The van der Waals surface area contributed by atoms with Crippen LogP contribution in [0.15, 0.2) is 82.1 Å². The lowest BCUT2D eigenvalue weighted by molar-refractivity contribution is 0.370. The van der Waals surface area contributed by atoms with Gasteiger partial charge in [-0.2, -0.15) is 17.9 Å². The van der Waals surface area contributed by atoms with Gasteiger partial charge in [-0.1, -0.05) is 36.4 Å². The third-order valence-electron chi connectivity index (χ3n) is 4.47. The molecule has 1 aliphatic rings. The largest absolute Gasteiger partial charge is 0.497 e. The Labute approximate surface area is 162 Å². The summed E-state index contributed by atoms with van der Waals surface area (Å²) in [5, 5.41) is 6.49. The van der Waals surface area contributed by atoms with E-state index in [9.17, 15) is 8.42 Å². The van der Waals surface area contributed by atoms with Crippen LogP contribution in [0, 0.1) is 0 Å². The molecule has 0 spiro atoms. The molecule has 1 unspecified atom stereocenters. The van der Waals surface area contributed by atoms with Crippen molar-refractivity contribution in [1.29, 1.82) is 0 Å². The molecule has 0 amide bonds. The minimum Gasteiger partial charge on any atom is -0.497 e. The van der Waals surface area contributed by atoms with Gasteiger partial charge >= 0.3 is 0 Å². The maximum absolute atomic E-state index is 13.3. The Morgan fingerprint density at radius 2 is 1.78 bits per heavy atom. The van der Waals surface area contributed by atoms with Crippen molar-refractivity contribution in [1.82, 2.24) is 4.41 Å². The molecular weight excluding hydrogens is 380 g/mol. The number of rotatable bonds is 5. The standard InChI is InChI=1S/C20H18N2O3S2/c1-25-16-11-9-15(10-12-16)19-14-18(20-8-5-13-26-20)21-22(19)27(23,24)17-6-3-2-4-7-17/h2-13,19H,14H2,1H3. The summed E-state index contributed by atoms with van der Waals surface area (Å²) in [4.78, 5) is 1.22. The first-order valence-electron chi connectivity index (χ1n) is 8.44. The van der Waals surface area contributed by atoms with Gasteiger partial charge in [0.15, 0.2) is 0 Å². The zero-order valence-corrected chi connectivity index (χ0v) is 16.3. The van der Waals surface area contributed by atoms with Crippen molar-refractivity contribution < 1.29 is 13.2 Å². The number of hydrogen-bond acceptors (Lipinski definition) is 5. The van der Waals surface area contributed by atoms with Crippen molar-refractivity contribution >= 4 is 27.1 Å². The van der Waals surface area contributed by atoms with Gasteiger partial charge < -0.3 is 4.74 Å². The summed E-state index contributed by atoms with van der Waals surface area (Å²) in [6.07, 6.45) is 0.527. The second-order valence-corrected chi connectivity index (χ2v) is 8.85. The van der Waals surface area contributed by atoms with Gasteiger partial charge in [0.25, 0.3) is 10.0 Å². The zero-order valence-electron chi connectivity index (χ0n) is 14.6. The van der Waals surface area contributed by atoms with Gasteiger partial charge in [-0.05, 0) is 41.3 Å². The average Bonchev–Trinajstić information content (AvgIpc) is 3.39. The Bertz CT molecular complexity index is 1040. The molecule has 1 atom stereocenters. The normalized spacial score (nSPS) is 17.0. The van der Waals surface area contributed by atoms with E-state index in [4.69, 9.17) is 4.74 Å². The topological polar surface area (TPSA) is 59.0 Å². The van der Waals surface area contributed by atoms with E-state index in [1.54, 1.807) is 48.8 Å². The molecule has 5 nitrogen and oxygen atoms in total. The van der Waals surface area contributed by atoms with Crippen molar-refractivity contribution in [2.75, 3.05) is 7.11 Å². The van der Waals surface area contributed by atoms with Gasteiger partial charge in [-0.3, -0.25) is 0 Å². The zero-order chi connectivity index (χ0) is 18.9. The number of benzene rings is 2. The molecular formula is C20H18N2O3S2. The predicted octanol–water partition coefficient (Wildman–Crippen LogP) is 4.30. The number of hydrazone groups is 1. The van der Waals surface area contributed by atoms with Crippen molar-refractivity contribution in [3.05, 3.63) is 82.6 Å². The summed E-state index contributed by atoms with van der Waals surface area (Å²) in [5.41, 5.74) is 1.66. The summed E-state index contributed by atoms with van der Waals surface area (Å²) in [5.74, 6) is 0.730. The van der Waals surface area contributed by atoms with Gasteiger partial charge in [0.1, 0.15) is 5.75 Å². The first-order valence-corrected chi connectivity index (χ1v) is 10.8. The van der Waals surface area contributed by atoms with Crippen molar-refractivity contribution in [2.45, 2.75) is 17.4 Å². The minimum atomic E-state index is -3.76. The molecule has 0 saturated heterocycles. The Morgan fingerprint density at radius 3 is 2.41 bits per heavy atom. The van der Waals surface area contributed by atoms with Crippen LogP contribution in [0.5, 0.6) is 5.75 Å². The Kier molecular flexibility index (Phi) is 4.72. The molecule has 0 saturated carbocycles. The van der Waals surface area contributed by atoms with Crippen LogP contribution in [0.1, 0.15) is 22.9 Å². The van der Waals surface area contributed by atoms with Crippen LogP contribution in [0.4, 0.5) is 0 Å². The highest BCUT2D eigenvalue weighted by molar-refractivity contribution is 7.89. The summed E-state index contributed by atoms with van der Waals surface area (Å²) >= 11 is 1.56. The average molecular weight is 399 g/mol. The highest BCUT2D eigenvalue weighted by Gasteiger charge is 2.37. The maximum atomic E-state index is 13.3. The van der Waals surface area contributed by atoms with E-state index in [0.717, 1.165) is 21.9 Å². The number of methoxy groups -OCH3 is 1. The monoisotopic (exact) mass is 398 g/mol. The van der Waals surface area contributed by atoms with Crippen LogP contribution in [-0.2, 0) is 10.0 Å². The number of nitrogens with zero attached hydrogens (tertiary/aromatic N) is 2. The van der Waals surface area contributed by atoms with E-state index in [2.05, 4.69) is 5.10 Å². The lowest BCUT2D eigenvalue weighted by atomic mass is 10.0. The molecule has 1 aromatic heterocycles. The molecule has 4 rings (SSSR count). The molecule has 138 valence electrons. The fraction of sp³-hybridized carbons (Fsp3) is 0.150. The van der Waals surface area contributed by atoms with Crippen molar-refractivity contribution in [3.63, 3.8) is 0 Å².